The lowest BCUT2D eigenvalue weighted by Crippen LogP contribution is -2.32. The van der Waals surface area contributed by atoms with Crippen molar-refractivity contribution in [2.75, 3.05) is 18.5 Å². The first-order valence-corrected chi connectivity index (χ1v) is 9.18. The standard InChI is InChI=1S/C20H26N4O2/c1-4-15-8-5-7-13(2)19(15)24-18-11-17(22-14(3)23-18)20(25)21-12-16-9-6-10-26-16/h5,7-8,11,16H,4,6,9-10,12H2,1-3H3,(H,21,25)(H,22,23,24). The Morgan fingerprint density at radius 2 is 2.15 bits per heavy atom. The number of nitrogens with one attached hydrogen (secondary N) is 2. The number of para-hydroxylation sites is 1. The van der Waals surface area contributed by atoms with Gasteiger partial charge >= 0.3 is 0 Å². The molecule has 0 saturated carbocycles. The molecule has 138 valence electrons. The Hall–Kier alpha value is -2.47. The first-order valence-electron chi connectivity index (χ1n) is 9.18. The fraction of sp³-hybridized carbons (Fsp3) is 0.450. The summed E-state index contributed by atoms with van der Waals surface area (Å²) in [7, 11) is 0. The Labute approximate surface area is 154 Å². The molecule has 1 unspecified atom stereocenters. The molecule has 1 amide bonds. The van der Waals surface area contributed by atoms with E-state index in [1.54, 1.807) is 13.0 Å². The van der Waals surface area contributed by atoms with Gasteiger partial charge in [-0.1, -0.05) is 25.1 Å². The van der Waals surface area contributed by atoms with Gasteiger partial charge < -0.3 is 15.4 Å². The van der Waals surface area contributed by atoms with E-state index in [4.69, 9.17) is 4.74 Å². The average molecular weight is 354 g/mol. The van der Waals surface area contributed by atoms with Crippen molar-refractivity contribution in [3.05, 3.63) is 46.9 Å². The van der Waals surface area contributed by atoms with E-state index < -0.39 is 0 Å². The Morgan fingerprint density at radius 1 is 1.31 bits per heavy atom. The summed E-state index contributed by atoms with van der Waals surface area (Å²) in [5, 5.41) is 6.28. The zero-order valence-corrected chi connectivity index (χ0v) is 15.6. The molecule has 0 bridgehead atoms. The van der Waals surface area contributed by atoms with Crippen LogP contribution in [-0.2, 0) is 11.2 Å². The number of anilines is 2. The highest BCUT2D eigenvalue weighted by atomic mass is 16.5. The summed E-state index contributed by atoms with van der Waals surface area (Å²) in [5.74, 6) is 0.988. The number of benzene rings is 1. The highest BCUT2D eigenvalue weighted by Gasteiger charge is 2.18. The molecule has 1 aromatic carbocycles. The first kappa shape index (κ1) is 18.3. The number of carbonyl (C=O) groups is 1. The van der Waals surface area contributed by atoms with Crippen LogP contribution in [0.2, 0.25) is 0 Å². The van der Waals surface area contributed by atoms with Gasteiger partial charge in [-0.15, -0.1) is 0 Å². The molecule has 0 aliphatic carbocycles. The minimum atomic E-state index is -0.199. The molecule has 1 saturated heterocycles. The van der Waals surface area contributed by atoms with Crippen molar-refractivity contribution in [1.29, 1.82) is 0 Å². The van der Waals surface area contributed by atoms with Crippen LogP contribution in [0.1, 0.15) is 47.2 Å². The maximum atomic E-state index is 12.5. The maximum Gasteiger partial charge on any atom is 0.270 e. The zero-order valence-electron chi connectivity index (χ0n) is 15.6. The van der Waals surface area contributed by atoms with Crippen LogP contribution in [-0.4, -0.2) is 35.1 Å². The van der Waals surface area contributed by atoms with Crippen molar-refractivity contribution in [2.24, 2.45) is 0 Å². The van der Waals surface area contributed by atoms with E-state index in [1.165, 1.54) is 5.56 Å². The SMILES string of the molecule is CCc1cccc(C)c1Nc1cc(C(=O)NCC2CCCO2)nc(C)n1. The first-order chi connectivity index (χ1) is 12.6. The number of aryl methyl sites for hydroxylation is 3. The van der Waals surface area contributed by atoms with Crippen LogP contribution in [0.3, 0.4) is 0 Å². The van der Waals surface area contributed by atoms with Gasteiger partial charge in [0.15, 0.2) is 0 Å². The van der Waals surface area contributed by atoms with Crippen molar-refractivity contribution >= 4 is 17.4 Å². The van der Waals surface area contributed by atoms with Gasteiger partial charge in [0.05, 0.1) is 6.10 Å². The summed E-state index contributed by atoms with van der Waals surface area (Å²) < 4.78 is 5.54. The van der Waals surface area contributed by atoms with Gasteiger partial charge in [-0.3, -0.25) is 4.79 Å². The number of amides is 1. The average Bonchev–Trinajstić information content (AvgIpc) is 3.14. The molecule has 0 radical (unpaired) electrons. The van der Waals surface area contributed by atoms with E-state index in [2.05, 4.69) is 52.6 Å². The predicted molar refractivity (Wildman–Crippen MR) is 102 cm³/mol. The van der Waals surface area contributed by atoms with Crippen molar-refractivity contribution in [3.8, 4) is 0 Å². The van der Waals surface area contributed by atoms with Gasteiger partial charge in [0.1, 0.15) is 17.3 Å². The maximum absolute atomic E-state index is 12.5. The van der Waals surface area contributed by atoms with E-state index in [-0.39, 0.29) is 12.0 Å². The Balaban J connectivity index is 1.76. The molecule has 2 heterocycles. The third kappa shape index (κ3) is 4.38. The highest BCUT2D eigenvalue weighted by molar-refractivity contribution is 5.93. The molecule has 3 rings (SSSR count). The van der Waals surface area contributed by atoms with Gasteiger partial charge in [0.2, 0.25) is 0 Å². The molecule has 6 heteroatoms. The molecule has 2 N–H and O–H groups in total. The third-order valence-corrected chi connectivity index (χ3v) is 4.58. The molecule has 1 aromatic heterocycles. The summed E-state index contributed by atoms with van der Waals surface area (Å²) in [6, 6.07) is 7.90. The van der Waals surface area contributed by atoms with Gasteiger partial charge in [-0.2, -0.15) is 0 Å². The van der Waals surface area contributed by atoms with Crippen molar-refractivity contribution in [3.63, 3.8) is 0 Å². The van der Waals surface area contributed by atoms with E-state index >= 15 is 0 Å². The van der Waals surface area contributed by atoms with Gasteiger partial charge in [-0.05, 0) is 44.2 Å². The Morgan fingerprint density at radius 3 is 2.88 bits per heavy atom. The summed E-state index contributed by atoms with van der Waals surface area (Å²) in [6.45, 7) is 7.26. The number of carbonyl (C=O) groups excluding carboxylic acids is 1. The van der Waals surface area contributed by atoms with Gasteiger partial charge in [0, 0.05) is 24.9 Å². The van der Waals surface area contributed by atoms with Crippen molar-refractivity contribution in [1.82, 2.24) is 15.3 Å². The molecular weight excluding hydrogens is 328 g/mol. The molecule has 26 heavy (non-hydrogen) atoms. The number of nitrogens with zero attached hydrogens (tertiary/aromatic N) is 2. The van der Waals surface area contributed by atoms with E-state index in [0.717, 1.165) is 37.1 Å². The Bertz CT molecular complexity index is 785. The van der Waals surface area contributed by atoms with Gasteiger partial charge in [-0.25, -0.2) is 9.97 Å². The summed E-state index contributed by atoms with van der Waals surface area (Å²) in [5.41, 5.74) is 3.76. The van der Waals surface area contributed by atoms with Crippen molar-refractivity contribution < 1.29 is 9.53 Å². The number of hydrogen-bond donors (Lipinski definition) is 2. The predicted octanol–water partition coefficient (Wildman–Crippen LogP) is 3.31. The lowest BCUT2D eigenvalue weighted by atomic mass is 10.1. The number of rotatable bonds is 6. The van der Waals surface area contributed by atoms with Crippen molar-refractivity contribution in [2.45, 2.75) is 46.1 Å². The van der Waals surface area contributed by atoms with Crippen LogP contribution in [0.15, 0.2) is 24.3 Å². The number of hydrogen-bond acceptors (Lipinski definition) is 5. The fourth-order valence-corrected chi connectivity index (χ4v) is 3.18. The van der Waals surface area contributed by atoms with Crippen LogP contribution in [0.4, 0.5) is 11.5 Å². The van der Waals surface area contributed by atoms with Crippen LogP contribution in [0.25, 0.3) is 0 Å². The van der Waals surface area contributed by atoms with Gasteiger partial charge in [0.25, 0.3) is 5.91 Å². The van der Waals surface area contributed by atoms with Crippen LogP contribution in [0.5, 0.6) is 0 Å². The molecule has 1 fully saturated rings. The summed E-state index contributed by atoms with van der Waals surface area (Å²) >= 11 is 0. The zero-order chi connectivity index (χ0) is 18.5. The second-order valence-corrected chi connectivity index (χ2v) is 6.62. The Kier molecular flexibility index (Phi) is 5.83. The molecule has 0 spiro atoms. The number of ether oxygens (including phenoxy) is 1. The smallest absolute Gasteiger partial charge is 0.270 e. The largest absolute Gasteiger partial charge is 0.376 e. The quantitative estimate of drug-likeness (QED) is 0.832. The minimum Gasteiger partial charge on any atom is -0.376 e. The highest BCUT2D eigenvalue weighted by Crippen LogP contribution is 2.25. The normalized spacial score (nSPS) is 16.5. The molecule has 1 atom stereocenters. The van der Waals surface area contributed by atoms with E-state index in [9.17, 15) is 4.79 Å². The minimum absolute atomic E-state index is 0.110. The third-order valence-electron chi connectivity index (χ3n) is 4.58. The second kappa shape index (κ2) is 8.27. The van der Waals surface area contributed by atoms with Crippen LogP contribution >= 0.6 is 0 Å². The van der Waals surface area contributed by atoms with E-state index in [1.807, 2.05) is 0 Å². The van der Waals surface area contributed by atoms with Crippen LogP contribution in [0, 0.1) is 13.8 Å². The topological polar surface area (TPSA) is 76.1 Å². The monoisotopic (exact) mass is 354 g/mol. The molecular formula is C20H26N4O2. The second-order valence-electron chi connectivity index (χ2n) is 6.62. The fourth-order valence-electron chi connectivity index (χ4n) is 3.18. The molecule has 1 aliphatic rings. The molecule has 1 aliphatic heterocycles. The molecule has 6 nitrogen and oxygen atoms in total. The van der Waals surface area contributed by atoms with E-state index in [0.29, 0.717) is 23.9 Å². The lowest BCUT2D eigenvalue weighted by molar-refractivity contribution is 0.0853. The summed E-state index contributed by atoms with van der Waals surface area (Å²) in [4.78, 5) is 21.2. The summed E-state index contributed by atoms with van der Waals surface area (Å²) in [6.07, 6.45) is 3.07. The molecule has 2 aromatic rings. The lowest BCUT2D eigenvalue weighted by Gasteiger charge is -2.15. The van der Waals surface area contributed by atoms with Crippen LogP contribution < -0.4 is 10.6 Å². The number of aromatic nitrogens is 2.